The molecule has 0 fully saturated rings. The summed E-state index contributed by atoms with van der Waals surface area (Å²) in [4.78, 5) is 31.2. The van der Waals surface area contributed by atoms with Gasteiger partial charge in [0.05, 0.1) is 26.0 Å². The molecule has 0 unspecified atom stereocenters. The number of nitrogens with zero attached hydrogens (tertiary/aromatic N) is 4. The third kappa shape index (κ3) is 4.93. The van der Waals surface area contributed by atoms with Crippen LogP contribution in [0.5, 0.6) is 11.5 Å². The first kappa shape index (κ1) is 22.1. The lowest BCUT2D eigenvalue weighted by molar-refractivity contribution is -0.116. The van der Waals surface area contributed by atoms with Gasteiger partial charge >= 0.3 is 0 Å². The Morgan fingerprint density at radius 3 is 2.52 bits per heavy atom. The molecule has 2 amide bonds. The molecule has 2 heterocycles. The molecule has 3 rings (SSSR count). The Bertz CT molecular complexity index is 1110. The largest absolute Gasteiger partial charge is 0.490 e. The fourth-order valence-corrected chi connectivity index (χ4v) is 3.24. The number of amides is 2. The van der Waals surface area contributed by atoms with E-state index < -0.39 is 0 Å². The predicted octanol–water partition coefficient (Wildman–Crippen LogP) is 2.85. The van der Waals surface area contributed by atoms with Crippen molar-refractivity contribution in [2.75, 3.05) is 32.1 Å². The first-order valence-electron chi connectivity index (χ1n) is 10.1. The lowest BCUT2D eigenvalue weighted by Gasteiger charge is -2.17. The van der Waals surface area contributed by atoms with Crippen molar-refractivity contribution in [2.24, 2.45) is 0 Å². The number of hydrogen-bond acceptors (Lipinski definition) is 6. The van der Waals surface area contributed by atoms with Crippen LogP contribution in [0.4, 0.5) is 5.69 Å². The number of aryl methyl sites for hydroxylation is 2. The van der Waals surface area contributed by atoms with Crippen molar-refractivity contribution in [1.82, 2.24) is 19.5 Å². The van der Waals surface area contributed by atoms with Gasteiger partial charge in [0, 0.05) is 30.2 Å². The number of nitrogens with one attached hydrogen (secondary N) is 1. The highest BCUT2D eigenvalue weighted by Crippen LogP contribution is 2.30. The SMILES string of the molecule is CCOc1ccc(NC(=O)CN(C)C(=O)c2cnn3c(C)cc(C)nc23)cc1OCC. The Hall–Kier alpha value is -3.62. The third-order valence-corrected chi connectivity index (χ3v) is 4.56. The molecule has 0 aliphatic rings. The van der Waals surface area contributed by atoms with Crippen molar-refractivity contribution >= 4 is 23.1 Å². The molecular weight excluding hydrogens is 398 g/mol. The molecule has 0 atom stereocenters. The molecule has 31 heavy (non-hydrogen) atoms. The van der Waals surface area contributed by atoms with Gasteiger partial charge in [-0.2, -0.15) is 5.10 Å². The molecule has 0 aliphatic carbocycles. The zero-order valence-corrected chi connectivity index (χ0v) is 18.4. The lowest BCUT2D eigenvalue weighted by atomic mass is 10.2. The summed E-state index contributed by atoms with van der Waals surface area (Å²) in [5, 5.41) is 7.03. The van der Waals surface area contributed by atoms with Crippen LogP contribution in [0.25, 0.3) is 5.65 Å². The zero-order valence-electron chi connectivity index (χ0n) is 18.4. The first-order valence-corrected chi connectivity index (χ1v) is 10.1. The predicted molar refractivity (Wildman–Crippen MR) is 117 cm³/mol. The van der Waals surface area contributed by atoms with Crippen LogP contribution in [0, 0.1) is 13.8 Å². The number of likely N-dealkylation sites (N-methyl/N-ethyl adjacent to an activating group) is 1. The Morgan fingerprint density at radius 1 is 1.10 bits per heavy atom. The summed E-state index contributed by atoms with van der Waals surface area (Å²) in [5.41, 5.74) is 3.05. The fraction of sp³-hybridized carbons (Fsp3) is 0.364. The van der Waals surface area contributed by atoms with Crippen molar-refractivity contribution in [3.8, 4) is 11.5 Å². The van der Waals surface area contributed by atoms with E-state index in [4.69, 9.17) is 9.47 Å². The highest BCUT2D eigenvalue weighted by Gasteiger charge is 2.21. The number of hydrogen-bond donors (Lipinski definition) is 1. The van der Waals surface area contributed by atoms with Crippen molar-refractivity contribution < 1.29 is 19.1 Å². The van der Waals surface area contributed by atoms with Gasteiger partial charge in [-0.05, 0) is 45.9 Å². The lowest BCUT2D eigenvalue weighted by Crippen LogP contribution is -2.35. The van der Waals surface area contributed by atoms with E-state index >= 15 is 0 Å². The van der Waals surface area contributed by atoms with Gasteiger partial charge < -0.3 is 19.7 Å². The smallest absolute Gasteiger partial charge is 0.259 e. The molecule has 164 valence electrons. The molecular formula is C22H27N5O4. The van der Waals surface area contributed by atoms with Crippen LogP contribution in [0.2, 0.25) is 0 Å². The van der Waals surface area contributed by atoms with Crippen molar-refractivity contribution in [3.63, 3.8) is 0 Å². The fourth-order valence-electron chi connectivity index (χ4n) is 3.24. The number of aromatic nitrogens is 3. The summed E-state index contributed by atoms with van der Waals surface area (Å²) in [7, 11) is 1.57. The molecule has 0 saturated carbocycles. The van der Waals surface area contributed by atoms with Crippen LogP contribution in [0.1, 0.15) is 35.6 Å². The second-order valence-corrected chi connectivity index (χ2v) is 7.07. The summed E-state index contributed by atoms with van der Waals surface area (Å²) in [6.07, 6.45) is 1.48. The van der Waals surface area contributed by atoms with Gasteiger partial charge in [-0.1, -0.05) is 0 Å². The number of benzene rings is 1. The standard InChI is InChI=1S/C22H27N5O4/c1-6-30-18-9-8-16(11-19(18)31-7-2)25-20(28)13-26(5)22(29)17-12-23-27-15(4)10-14(3)24-21(17)27/h8-12H,6-7,13H2,1-5H3,(H,25,28). The van der Waals surface area contributed by atoms with E-state index in [0.717, 1.165) is 11.4 Å². The maximum Gasteiger partial charge on any atom is 0.259 e. The average Bonchev–Trinajstić information content (AvgIpc) is 3.13. The monoisotopic (exact) mass is 425 g/mol. The summed E-state index contributed by atoms with van der Waals surface area (Å²) < 4.78 is 12.7. The Labute approximate surface area is 181 Å². The molecule has 9 heteroatoms. The topological polar surface area (TPSA) is 98.1 Å². The number of anilines is 1. The number of ether oxygens (including phenoxy) is 2. The maximum absolute atomic E-state index is 12.9. The van der Waals surface area contributed by atoms with Gasteiger partial charge in [-0.3, -0.25) is 9.59 Å². The molecule has 1 aromatic carbocycles. The molecule has 0 spiro atoms. The molecule has 9 nitrogen and oxygen atoms in total. The van der Waals surface area contributed by atoms with Crippen LogP contribution < -0.4 is 14.8 Å². The molecule has 0 aliphatic heterocycles. The summed E-state index contributed by atoms with van der Waals surface area (Å²) in [6, 6.07) is 7.07. The van der Waals surface area contributed by atoms with Crippen LogP contribution in [0.15, 0.2) is 30.5 Å². The highest BCUT2D eigenvalue weighted by atomic mass is 16.5. The first-order chi connectivity index (χ1) is 14.8. The average molecular weight is 425 g/mol. The molecule has 3 aromatic rings. The van der Waals surface area contributed by atoms with E-state index in [-0.39, 0.29) is 18.4 Å². The van der Waals surface area contributed by atoms with Crippen LogP contribution >= 0.6 is 0 Å². The number of rotatable bonds is 8. The second kappa shape index (κ2) is 9.46. The molecule has 2 aromatic heterocycles. The Morgan fingerprint density at radius 2 is 1.81 bits per heavy atom. The van der Waals surface area contributed by atoms with Gasteiger partial charge in [0.15, 0.2) is 17.1 Å². The molecule has 0 radical (unpaired) electrons. The summed E-state index contributed by atoms with van der Waals surface area (Å²) in [6.45, 7) is 8.38. The molecule has 0 saturated heterocycles. The minimum atomic E-state index is -0.334. The van der Waals surface area contributed by atoms with Crippen LogP contribution in [0.3, 0.4) is 0 Å². The van der Waals surface area contributed by atoms with Gasteiger partial charge in [-0.25, -0.2) is 9.50 Å². The Balaban J connectivity index is 1.71. The van der Waals surface area contributed by atoms with E-state index in [1.807, 2.05) is 33.8 Å². The molecule has 0 bridgehead atoms. The molecule has 1 N–H and O–H groups in total. The van der Waals surface area contributed by atoms with E-state index in [2.05, 4.69) is 15.4 Å². The van der Waals surface area contributed by atoms with E-state index in [1.54, 1.807) is 29.8 Å². The summed E-state index contributed by atoms with van der Waals surface area (Å²) >= 11 is 0. The van der Waals surface area contributed by atoms with Crippen LogP contribution in [-0.2, 0) is 4.79 Å². The van der Waals surface area contributed by atoms with E-state index in [1.165, 1.54) is 11.1 Å². The van der Waals surface area contributed by atoms with Gasteiger partial charge in [0.1, 0.15) is 5.56 Å². The van der Waals surface area contributed by atoms with Crippen molar-refractivity contribution in [2.45, 2.75) is 27.7 Å². The van der Waals surface area contributed by atoms with Crippen molar-refractivity contribution in [3.05, 3.63) is 47.4 Å². The zero-order chi connectivity index (χ0) is 22.5. The van der Waals surface area contributed by atoms with E-state index in [9.17, 15) is 9.59 Å². The van der Waals surface area contributed by atoms with Gasteiger partial charge in [-0.15, -0.1) is 0 Å². The van der Waals surface area contributed by atoms with Gasteiger partial charge in [0.25, 0.3) is 5.91 Å². The minimum absolute atomic E-state index is 0.127. The number of carbonyl (C=O) groups excluding carboxylic acids is 2. The number of fused-ring (bicyclic) bond motifs is 1. The third-order valence-electron chi connectivity index (χ3n) is 4.56. The number of carbonyl (C=O) groups is 2. The maximum atomic E-state index is 12.9. The second-order valence-electron chi connectivity index (χ2n) is 7.07. The quantitative estimate of drug-likeness (QED) is 0.596. The van der Waals surface area contributed by atoms with Crippen molar-refractivity contribution in [1.29, 1.82) is 0 Å². The Kier molecular flexibility index (Phi) is 6.74. The highest BCUT2D eigenvalue weighted by molar-refractivity contribution is 6.02. The summed E-state index contributed by atoms with van der Waals surface area (Å²) in [5.74, 6) is 0.499. The normalized spacial score (nSPS) is 10.7. The van der Waals surface area contributed by atoms with Gasteiger partial charge in [0.2, 0.25) is 5.91 Å². The van der Waals surface area contributed by atoms with E-state index in [0.29, 0.717) is 41.6 Å². The minimum Gasteiger partial charge on any atom is -0.490 e. The van der Waals surface area contributed by atoms with Crippen LogP contribution in [-0.4, -0.2) is 58.1 Å².